The molecule has 2 heterocycles. The molecule has 1 aromatic heterocycles. The summed E-state index contributed by atoms with van der Waals surface area (Å²) in [5.41, 5.74) is 3.90. The van der Waals surface area contributed by atoms with Crippen LogP contribution in [0.5, 0.6) is 0 Å². The number of rotatable bonds is 3. The fourth-order valence-electron chi connectivity index (χ4n) is 3.93. The van der Waals surface area contributed by atoms with Crippen molar-refractivity contribution < 1.29 is 9.18 Å². The Bertz CT molecular complexity index is 1050. The van der Waals surface area contributed by atoms with Crippen LogP contribution >= 0.6 is 0 Å². The van der Waals surface area contributed by atoms with Gasteiger partial charge in [-0.05, 0) is 62.8 Å². The molecule has 1 amide bonds. The zero-order chi connectivity index (χ0) is 19.8. The molecule has 144 valence electrons. The molecule has 0 N–H and O–H groups in total. The average molecular weight is 377 g/mol. The summed E-state index contributed by atoms with van der Waals surface area (Å²) in [6.45, 7) is 3.91. The normalized spacial score (nSPS) is 17.2. The maximum atomic E-state index is 13.6. The summed E-state index contributed by atoms with van der Waals surface area (Å²) in [4.78, 5) is 21.7. The summed E-state index contributed by atoms with van der Waals surface area (Å²) in [7, 11) is 3.95. The number of carbonyl (C=O) groups excluding carboxylic acids is 1. The summed E-state index contributed by atoms with van der Waals surface area (Å²) < 4.78 is 13.6. The van der Waals surface area contributed by atoms with Crippen molar-refractivity contribution in [3.8, 4) is 11.3 Å². The number of fused-ring (bicyclic) bond motifs is 1. The highest BCUT2D eigenvalue weighted by molar-refractivity contribution is 5.95. The topological polar surface area (TPSA) is 36.4 Å². The van der Waals surface area contributed by atoms with Crippen molar-refractivity contribution in [2.75, 3.05) is 27.2 Å². The molecule has 1 atom stereocenters. The lowest BCUT2D eigenvalue weighted by Crippen LogP contribution is -2.38. The van der Waals surface area contributed by atoms with Gasteiger partial charge in [-0.1, -0.05) is 12.1 Å². The standard InChI is InChI=1S/C23H24FN3O/c1-15-11-21(25-22-13-18(24)7-8-20(15)22)16-5-4-6-17(12-16)23(28)27(3)19-9-10-26(2)14-19/h4-8,11-13,19H,9-10,14H2,1-3H3. The number of benzene rings is 2. The Morgan fingerprint density at radius 2 is 2.04 bits per heavy atom. The van der Waals surface area contributed by atoms with Crippen LogP contribution in [0.4, 0.5) is 4.39 Å². The fourth-order valence-corrected chi connectivity index (χ4v) is 3.93. The molecule has 1 fully saturated rings. The molecule has 0 spiro atoms. The van der Waals surface area contributed by atoms with Crippen LogP contribution in [0.1, 0.15) is 22.3 Å². The summed E-state index contributed by atoms with van der Waals surface area (Å²) in [5.74, 6) is -0.283. The van der Waals surface area contributed by atoms with Gasteiger partial charge in [-0.25, -0.2) is 9.37 Å². The molecule has 1 unspecified atom stereocenters. The third-order valence-electron chi connectivity index (χ3n) is 5.62. The number of nitrogens with zero attached hydrogens (tertiary/aromatic N) is 3. The first-order valence-corrected chi connectivity index (χ1v) is 9.55. The molecule has 1 saturated heterocycles. The van der Waals surface area contributed by atoms with Crippen molar-refractivity contribution in [2.24, 2.45) is 0 Å². The molecular formula is C23H24FN3O. The van der Waals surface area contributed by atoms with Gasteiger partial charge in [-0.2, -0.15) is 0 Å². The van der Waals surface area contributed by atoms with Gasteiger partial charge in [0.2, 0.25) is 0 Å². The van der Waals surface area contributed by atoms with Gasteiger partial charge in [0.15, 0.2) is 0 Å². The first kappa shape index (κ1) is 18.6. The highest BCUT2D eigenvalue weighted by Gasteiger charge is 2.27. The van der Waals surface area contributed by atoms with E-state index in [9.17, 15) is 9.18 Å². The monoisotopic (exact) mass is 377 g/mol. The van der Waals surface area contributed by atoms with Crippen LogP contribution < -0.4 is 0 Å². The van der Waals surface area contributed by atoms with Crippen LogP contribution in [0, 0.1) is 12.7 Å². The van der Waals surface area contributed by atoms with E-state index >= 15 is 0 Å². The Morgan fingerprint density at radius 3 is 2.79 bits per heavy atom. The quantitative estimate of drug-likeness (QED) is 0.689. The Kier molecular flexibility index (Phi) is 4.85. The van der Waals surface area contributed by atoms with Gasteiger partial charge < -0.3 is 9.80 Å². The van der Waals surface area contributed by atoms with Gasteiger partial charge in [0.25, 0.3) is 5.91 Å². The fraction of sp³-hybridized carbons (Fsp3) is 0.304. The minimum Gasteiger partial charge on any atom is -0.337 e. The highest BCUT2D eigenvalue weighted by atomic mass is 19.1. The Balaban J connectivity index is 1.67. The number of aryl methyl sites for hydroxylation is 1. The number of likely N-dealkylation sites (tertiary alicyclic amines) is 1. The minimum atomic E-state index is -0.302. The van der Waals surface area contributed by atoms with Crippen LogP contribution in [0.25, 0.3) is 22.2 Å². The Hall–Kier alpha value is -2.79. The van der Waals surface area contributed by atoms with Crippen molar-refractivity contribution in [3.05, 3.63) is 65.5 Å². The second kappa shape index (κ2) is 7.32. The van der Waals surface area contributed by atoms with Gasteiger partial charge in [0, 0.05) is 42.2 Å². The minimum absolute atomic E-state index is 0.0192. The second-order valence-corrected chi connectivity index (χ2v) is 7.69. The third-order valence-corrected chi connectivity index (χ3v) is 5.62. The van der Waals surface area contributed by atoms with Gasteiger partial charge in [0.1, 0.15) is 5.82 Å². The molecule has 0 aliphatic carbocycles. The molecule has 2 aromatic carbocycles. The maximum Gasteiger partial charge on any atom is 0.253 e. The number of hydrogen-bond acceptors (Lipinski definition) is 3. The van der Waals surface area contributed by atoms with Crippen LogP contribution in [0.15, 0.2) is 48.5 Å². The van der Waals surface area contributed by atoms with E-state index in [0.717, 1.165) is 41.7 Å². The molecule has 28 heavy (non-hydrogen) atoms. The largest absolute Gasteiger partial charge is 0.337 e. The predicted molar refractivity (Wildman–Crippen MR) is 110 cm³/mol. The first-order chi connectivity index (χ1) is 13.4. The van der Waals surface area contributed by atoms with Crippen molar-refractivity contribution in [1.82, 2.24) is 14.8 Å². The van der Waals surface area contributed by atoms with Crippen molar-refractivity contribution in [3.63, 3.8) is 0 Å². The smallest absolute Gasteiger partial charge is 0.253 e. The average Bonchev–Trinajstić information content (AvgIpc) is 3.13. The van der Waals surface area contributed by atoms with E-state index in [1.54, 1.807) is 6.07 Å². The van der Waals surface area contributed by atoms with E-state index in [2.05, 4.69) is 16.9 Å². The lowest BCUT2D eigenvalue weighted by Gasteiger charge is -2.24. The van der Waals surface area contributed by atoms with E-state index in [-0.39, 0.29) is 17.8 Å². The molecule has 1 aliphatic heterocycles. The summed E-state index contributed by atoms with van der Waals surface area (Å²) in [6, 6.07) is 14.4. The van der Waals surface area contributed by atoms with E-state index < -0.39 is 0 Å². The van der Waals surface area contributed by atoms with Gasteiger partial charge in [0.05, 0.1) is 11.2 Å². The van der Waals surface area contributed by atoms with Crippen molar-refractivity contribution in [2.45, 2.75) is 19.4 Å². The van der Waals surface area contributed by atoms with Crippen molar-refractivity contribution >= 4 is 16.8 Å². The lowest BCUT2D eigenvalue weighted by molar-refractivity contribution is 0.0737. The zero-order valence-electron chi connectivity index (χ0n) is 16.4. The molecule has 0 radical (unpaired) electrons. The molecule has 4 rings (SSSR count). The number of carbonyl (C=O) groups is 1. The molecule has 0 bridgehead atoms. The molecule has 0 saturated carbocycles. The van der Waals surface area contributed by atoms with Crippen molar-refractivity contribution in [1.29, 1.82) is 0 Å². The Labute approximate surface area is 164 Å². The summed E-state index contributed by atoms with van der Waals surface area (Å²) in [6.07, 6.45) is 0.995. The summed E-state index contributed by atoms with van der Waals surface area (Å²) in [5, 5.41) is 0.933. The van der Waals surface area contributed by atoms with Gasteiger partial charge >= 0.3 is 0 Å². The first-order valence-electron chi connectivity index (χ1n) is 9.55. The number of pyridine rings is 1. The number of halogens is 1. The van der Waals surface area contributed by atoms with Crippen LogP contribution in [0.2, 0.25) is 0 Å². The van der Waals surface area contributed by atoms with E-state index in [0.29, 0.717) is 11.1 Å². The third kappa shape index (κ3) is 3.50. The Morgan fingerprint density at radius 1 is 1.21 bits per heavy atom. The van der Waals surface area contributed by atoms with Gasteiger partial charge in [-0.3, -0.25) is 4.79 Å². The summed E-state index contributed by atoms with van der Waals surface area (Å²) >= 11 is 0. The molecule has 5 heteroatoms. The SMILES string of the molecule is Cc1cc(-c2cccc(C(=O)N(C)C3CCN(C)C3)c2)nc2cc(F)ccc12. The van der Waals surface area contributed by atoms with Crippen LogP contribution in [-0.2, 0) is 0 Å². The molecule has 3 aromatic rings. The van der Waals surface area contributed by atoms with Crippen LogP contribution in [0.3, 0.4) is 0 Å². The van der Waals surface area contributed by atoms with E-state index in [4.69, 9.17) is 0 Å². The number of aromatic nitrogens is 1. The van der Waals surface area contributed by atoms with Crippen LogP contribution in [-0.4, -0.2) is 53.9 Å². The predicted octanol–water partition coefficient (Wildman–Crippen LogP) is 4.13. The number of likely N-dealkylation sites (N-methyl/N-ethyl adjacent to an activating group) is 2. The van der Waals surface area contributed by atoms with E-state index in [1.165, 1.54) is 12.1 Å². The lowest BCUT2D eigenvalue weighted by atomic mass is 10.0. The molecular weight excluding hydrogens is 353 g/mol. The maximum absolute atomic E-state index is 13.6. The molecule has 1 aliphatic rings. The molecule has 4 nitrogen and oxygen atoms in total. The zero-order valence-corrected chi connectivity index (χ0v) is 16.4. The van der Waals surface area contributed by atoms with Gasteiger partial charge in [-0.15, -0.1) is 0 Å². The highest BCUT2D eigenvalue weighted by Crippen LogP contribution is 2.26. The second-order valence-electron chi connectivity index (χ2n) is 7.69. The number of hydrogen-bond donors (Lipinski definition) is 0. The number of amides is 1. The van der Waals surface area contributed by atoms with E-state index in [1.807, 2.05) is 49.2 Å².